The van der Waals surface area contributed by atoms with Crippen LogP contribution in [0.1, 0.15) is 0 Å². The normalized spacial score (nSPS) is 9.75. The Labute approximate surface area is 81.3 Å². The van der Waals surface area contributed by atoms with E-state index >= 15 is 0 Å². The van der Waals surface area contributed by atoms with Gasteiger partial charge in [0.15, 0.2) is 0 Å². The van der Waals surface area contributed by atoms with Crippen molar-refractivity contribution in [2.24, 2.45) is 0 Å². The van der Waals surface area contributed by atoms with Crippen LogP contribution in [0.15, 0.2) is 29.9 Å². The van der Waals surface area contributed by atoms with Gasteiger partial charge < -0.3 is 4.57 Å². The van der Waals surface area contributed by atoms with Crippen LogP contribution in [0.25, 0.3) is 0 Å². The Morgan fingerprint density at radius 2 is 2.58 bits per heavy atom. The minimum Gasteiger partial charge on any atom is -0.320 e. The molecule has 0 aromatic carbocycles. The Kier molecular flexibility index (Phi) is 3.49. The molecular formula is C8H10N2S2. The molecule has 0 atom stereocenters. The van der Waals surface area contributed by atoms with Crippen molar-refractivity contribution in [3.63, 3.8) is 0 Å². The zero-order valence-electron chi connectivity index (χ0n) is 6.86. The second kappa shape index (κ2) is 4.42. The Hall–Kier alpha value is -0.610. The van der Waals surface area contributed by atoms with Gasteiger partial charge in [-0.2, -0.15) is 0 Å². The summed E-state index contributed by atoms with van der Waals surface area (Å²) in [6.45, 7) is 4.36. The van der Waals surface area contributed by atoms with Gasteiger partial charge in [0.25, 0.3) is 0 Å². The molecule has 1 heterocycles. The van der Waals surface area contributed by atoms with E-state index in [-0.39, 0.29) is 0 Å². The largest absolute Gasteiger partial charge is 0.320 e. The third kappa shape index (κ3) is 2.19. The van der Waals surface area contributed by atoms with Crippen LogP contribution in [0.4, 0.5) is 0 Å². The molecule has 0 aliphatic carbocycles. The Morgan fingerprint density at radius 3 is 3.08 bits per heavy atom. The summed E-state index contributed by atoms with van der Waals surface area (Å²) in [6.07, 6.45) is 5.72. The van der Waals surface area contributed by atoms with Crippen molar-refractivity contribution in [3.05, 3.63) is 29.7 Å². The van der Waals surface area contributed by atoms with E-state index in [9.17, 15) is 0 Å². The molecule has 12 heavy (non-hydrogen) atoms. The van der Waals surface area contributed by atoms with Crippen LogP contribution < -0.4 is 0 Å². The predicted molar refractivity (Wildman–Crippen MR) is 55.0 cm³/mol. The fourth-order valence-corrected chi connectivity index (χ4v) is 1.47. The zero-order chi connectivity index (χ0) is 8.97. The van der Waals surface area contributed by atoms with Crippen molar-refractivity contribution in [2.75, 3.05) is 6.26 Å². The highest BCUT2D eigenvalue weighted by Gasteiger charge is 1.93. The predicted octanol–water partition coefficient (Wildman–Crippen LogP) is 2.52. The molecule has 0 saturated carbocycles. The standard InChI is InChI=1S/C8H10N2S2/c1-3-5-10-6-4-7(12-2)9-8(10)11/h3-4,6H,1,5H2,2H3. The molecule has 64 valence electrons. The zero-order valence-corrected chi connectivity index (χ0v) is 8.49. The number of hydrogen-bond acceptors (Lipinski definition) is 3. The first-order valence-electron chi connectivity index (χ1n) is 3.50. The van der Waals surface area contributed by atoms with Crippen LogP contribution in [-0.2, 0) is 6.54 Å². The summed E-state index contributed by atoms with van der Waals surface area (Å²) in [5.74, 6) is 0. The van der Waals surface area contributed by atoms with E-state index < -0.39 is 0 Å². The highest BCUT2D eigenvalue weighted by Crippen LogP contribution is 2.09. The van der Waals surface area contributed by atoms with Gasteiger partial charge >= 0.3 is 0 Å². The van der Waals surface area contributed by atoms with E-state index in [0.29, 0.717) is 4.77 Å². The molecule has 0 bridgehead atoms. The van der Waals surface area contributed by atoms with Crippen LogP contribution in [0, 0.1) is 4.77 Å². The van der Waals surface area contributed by atoms with E-state index in [4.69, 9.17) is 12.2 Å². The molecule has 0 aliphatic rings. The van der Waals surface area contributed by atoms with Crippen LogP contribution >= 0.6 is 24.0 Å². The number of aromatic nitrogens is 2. The maximum atomic E-state index is 5.06. The van der Waals surface area contributed by atoms with Crippen LogP contribution in [-0.4, -0.2) is 15.8 Å². The smallest absolute Gasteiger partial charge is 0.200 e. The summed E-state index contributed by atoms with van der Waals surface area (Å²) in [4.78, 5) is 4.20. The lowest BCUT2D eigenvalue weighted by atomic mass is 10.6. The summed E-state index contributed by atoms with van der Waals surface area (Å²) < 4.78 is 2.49. The number of rotatable bonds is 3. The average Bonchev–Trinajstić information content (AvgIpc) is 2.09. The average molecular weight is 198 g/mol. The number of thioether (sulfide) groups is 1. The van der Waals surface area contributed by atoms with E-state index in [1.54, 1.807) is 17.8 Å². The first-order chi connectivity index (χ1) is 5.77. The van der Waals surface area contributed by atoms with Gasteiger partial charge in [-0.05, 0) is 24.5 Å². The van der Waals surface area contributed by atoms with Crippen molar-refractivity contribution >= 4 is 24.0 Å². The van der Waals surface area contributed by atoms with Crippen molar-refractivity contribution in [2.45, 2.75) is 11.6 Å². The van der Waals surface area contributed by atoms with Gasteiger partial charge in [0.2, 0.25) is 4.77 Å². The summed E-state index contributed by atoms with van der Waals surface area (Å²) in [6, 6.07) is 1.95. The lowest BCUT2D eigenvalue weighted by Gasteiger charge is -2.02. The maximum absolute atomic E-state index is 5.06. The summed E-state index contributed by atoms with van der Waals surface area (Å²) in [7, 11) is 0. The lowest BCUT2D eigenvalue weighted by molar-refractivity contribution is 0.751. The van der Waals surface area contributed by atoms with Gasteiger partial charge in [0, 0.05) is 12.7 Å². The number of allylic oxidation sites excluding steroid dienone is 1. The Bertz CT molecular complexity index is 330. The monoisotopic (exact) mass is 198 g/mol. The maximum Gasteiger partial charge on any atom is 0.200 e. The quantitative estimate of drug-likeness (QED) is 0.322. The van der Waals surface area contributed by atoms with E-state index in [1.165, 1.54) is 0 Å². The van der Waals surface area contributed by atoms with Crippen LogP contribution in [0.2, 0.25) is 0 Å². The number of nitrogens with zero attached hydrogens (tertiary/aromatic N) is 2. The molecule has 0 fully saturated rings. The summed E-state index contributed by atoms with van der Waals surface area (Å²) >= 11 is 6.65. The molecule has 0 unspecified atom stereocenters. The van der Waals surface area contributed by atoms with Crippen molar-refractivity contribution in [1.82, 2.24) is 9.55 Å². The molecule has 1 rings (SSSR count). The van der Waals surface area contributed by atoms with Gasteiger partial charge in [-0.1, -0.05) is 6.08 Å². The fourth-order valence-electron chi connectivity index (χ4n) is 0.805. The lowest BCUT2D eigenvalue weighted by Crippen LogP contribution is -1.99. The molecule has 0 radical (unpaired) electrons. The summed E-state index contributed by atoms with van der Waals surface area (Å²) in [5.41, 5.74) is 0. The molecular weight excluding hydrogens is 188 g/mol. The molecule has 0 spiro atoms. The SMILES string of the molecule is C=CCn1ccc(SC)nc1=S. The van der Waals surface area contributed by atoms with Crippen LogP contribution in [0.5, 0.6) is 0 Å². The highest BCUT2D eigenvalue weighted by molar-refractivity contribution is 7.98. The molecule has 0 aliphatic heterocycles. The van der Waals surface area contributed by atoms with E-state index in [0.717, 1.165) is 11.6 Å². The van der Waals surface area contributed by atoms with E-state index in [2.05, 4.69) is 11.6 Å². The van der Waals surface area contributed by atoms with Crippen molar-refractivity contribution < 1.29 is 0 Å². The molecule has 1 aromatic rings. The fraction of sp³-hybridized carbons (Fsp3) is 0.250. The van der Waals surface area contributed by atoms with Crippen LogP contribution in [0.3, 0.4) is 0 Å². The van der Waals surface area contributed by atoms with Crippen molar-refractivity contribution in [1.29, 1.82) is 0 Å². The molecule has 1 aromatic heterocycles. The minimum absolute atomic E-state index is 0.613. The van der Waals surface area contributed by atoms with Gasteiger partial charge in [0.1, 0.15) is 5.03 Å². The topological polar surface area (TPSA) is 17.8 Å². The highest BCUT2D eigenvalue weighted by atomic mass is 32.2. The molecule has 0 N–H and O–H groups in total. The Balaban J connectivity index is 3.03. The molecule has 0 amide bonds. The van der Waals surface area contributed by atoms with Gasteiger partial charge in [-0.25, -0.2) is 4.98 Å². The molecule has 0 saturated heterocycles. The number of hydrogen-bond donors (Lipinski definition) is 0. The molecule has 2 nitrogen and oxygen atoms in total. The third-order valence-corrected chi connectivity index (χ3v) is 2.35. The first-order valence-corrected chi connectivity index (χ1v) is 5.13. The Morgan fingerprint density at radius 1 is 1.83 bits per heavy atom. The van der Waals surface area contributed by atoms with Crippen molar-refractivity contribution in [3.8, 4) is 0 Å². The van der Waals surface area contributed by atoms with E-state index in [1.807, 2.05) is 23.1 Å². The molecule has 4 heteroatoms. The second-order valence-corrected chi connectivity index (χ2v) is 3.39. The first kappa shape index (κ1) is 9.48. The third-order valence-electron chi connectivity index (χ3n) is 1.38. The second-order valence-electron chi connectivity index (χ2n) is 2.19. The van der Waals surface area contributed by atoms with Gasteiger partial charge in [-0.3, -0.25) is 0 Å². The summed E-state index contributed by atoms with van der Waals surface area (Å²) in [5, 5.41) is 0.959. The minimum atomic E-state index is 0.613. The van der Waals surface area contributed by atoms with Gasteiger partial charge in [0.05, 0.1) is 0 Å². The van der Waals surface area contributed by atoms with Gasteiger partial charge in [-0.15, -0.1) is 18.3 Å².